The highest BCUT2D eigenvalue weighted by Gasteiger charge is 2.02. The molecule has 0 aromatic rings. The van der Waals surface area contributed by atoms with Crippen LogP contribution in [0.3, 0.4) is 0 Å². The quantitative estimate of drug-likeness (QED) is 0.645. The summed E-state index contributed by atoms with van der Waals surface area (Å²) in [6, 6.07) is 0. The number of Topliss-reactive ketones (excluding diaryl/α,β-unsaturated/α-hetero) is 1. The molecule has 0 saturated carbocycles. The first-order chi connectivity index (χ1) is 5.79. The Labute approximate surface area is 74.0 Å². The predicted molar refractivity (Wildman–Crippen MR) is 50.1 cm³/mol. The molecule has 0 unspecified atom stereocenters. The minimum atomic E-state index is 0.214. The van der Waals surface area contributed by atoms with E-state index in [2.05, 4.69) is 11.4 Å². The van der Waals surface area contributed by atoms with E-state index < -0.39 is 0 Å². The van der Waals surface area contributed by atoms with Crippen LogP contribution in [0.4, 0.5) is 0 Å². The second kappa shape index (κ2) is 5.09. The minimum absolute atomic E-state index is 0.214. The maximum absolute atomic E-state index is 10.6. The Morgan fingerprint density at radius 1 is 1.58 bits per heavy atom. The maximum atomic E-state index is 10.6. The van der Waals surface area contributed by atoms with E-state index in [1.807, 2.05) is 0 Å². The summed E-state index contributed by atoms with van der Waals surface area (Å²) in [5, 5.41) is 3.14. The molecule has 0 bridgehead atoms. The Bertz CT molecular complexity index is 184. The van der Waals surface area contributed by atoms with E-state index in [1.54, 1.807) is 6.92 Å². The molecular formula is C10H17NO. The van der Waals surface area contributed by atoms with Gasteiger partial charge >= 0.3 is 0 Å². The second-order valence-electron chi connectivity index (χ2n) is 3.41. The highest BCUT2D eigenvalue weighted by Crippen LogP contribution is 2.15. The third-order valence-corrected chi connectivity index (χ3v) is 2.11. The first kappa shape index (κ1) is 9.46. The summed E-state index contributed by atoms with van der Waals surface area (Å²) < 4.78 is 0. The van der Waals surface area contributed by atoms with Crippen molar-refractivity contribution in [3.05, 3.63) is 11.6 Å². The Hall–Kier alpha value is -0.630. The minimum Gasteiger partial charge on any atom is -0.306 e. The average molecular weight is 167 g/mol. The molecule has 2 nitrogen and oxygen atoms in total. The van der Waals surface area contributed by atoms with Crippen LogP contribution in [0.2, 0.25) is 0 Å². The number of hydrogen-bond donors (Lipinski definition) is 1. The van der Waals surface area contributed by atoms with Gasteiger partial charge in [0.2, 0.25) is 0 Å². The van der Waals surface area contributed by atoms with Crippen LogP contribution in [-0.4, -0.2) is 18.9 Å². The Morgan fingerprint density at radius 2 is 2.42 bits per heavy atom. The maximum Gasteiger partial charge on any atom is 0.143 e. The summed E-state index contributed by atoms with van der Waals surface area (Å²) in [6.07, 6.45) is 7.38. The van der Waals surface area contributed by atoms with Crippen LogP contribution in [0.15, 0.2) is 11.6 Å². The summed E-state index contributed by atoms with van der Waals surface area (Å²) in [7, 11) is 0. The van der Waals surface area contributed by atoms with Crippen molar-refractivity contribution < 1.29 is 4.79 Å². The third-order valence-electron chi connectivity index (χ3n) is 2.11. The molecule has 1 rings (SSSR count). The van der Waals surface area contributed by atoms with E-state index in [9.17, 15) is 4.79 Å². The molecule has 1 N–H and O–H groups in total. The molecule has 0 atom stereocenters. The topological polar surface area (TPSA) is 29.1 Å². The number of hydrogen-bond acceptors (Lipinski definition) is 2. The first-order valence-corrected chi connectivity index (χ1v) is 4.67. The smallest absolute Gasteiger partial charge is 0.143 e. The lowest BCUT2D eigenvalue weighted by molar-refractivity contribution is -0.116. The zero-order valence-corrected chi connectivity index (χ0v) is 7.73. The number of nitrogens with one attached hydrogen (secondary N) is 1. The third kappa shape index (κ3) is 3.67. The molecule has 1 aliphatic carbocycles. The van der Waals surface area contributed by atoms with Gasteiger partial charge in [-0.25, -0.2) is 0 Å². The standard InChI is InChI=1S/C10H17NO/c1-9(12)7-11-8-10-5-3-2-4-6-10/h5,11H,2-4,6-8H2,1H3. The van der Waals surface area contributed by atoms with Crippen molar-refractivity contribution in [2.24, 2.45) is 0 Å². The number of carbonyl (C=O) groups excluding carboxylic acids is 1. The lowest BCUT2D eigenvalue weighted by Gasteiger charge is -2.12. The normalized spacial score (nSPS) is 17.2. The molecule has 2 heteroatoms. The SMILES string of the molecule is CC(=O)CNCC1=CCCCC1. The fourth-order valence-electron chi connectivity index (χ4n) is 1.46. The molecule has 0 aromatic carbocycles. The summed E-state index contributed by atoms with van der Waals surface area (Å²) in [5.74, 6) is 0.214. The fourth-order valence-corrected chi connectivity index (χ4v) is 1.46. The van der Waals surface area contributed by atoms with Gasteiger partial charge in [-0.1, -0.05) is 11.6 Å². The van der Waals surface area contributed by atoms with E-state index in [0.29, 0.717) is 6.54 Å². The predicted octanol–water partition coefficient (Wildman–Crippen LogP) is 1.67. The molecule has 12 heavy (non-hydrogen) atoms. The number of carbonyl (C=O) groups is 1. The van der Waals surface area contributed by atoms with Gasteiger partial charge in [0, 0.05) is 6.54 Å². The Morgan fingerprint density at radius 3 is 3.00 bits per heavy atom. The van der Waals surface area contributed by atoms with Gasteiger partial charge in [-0.2, -0.15) is 0 Å². The van der Waals surface area contributed by atoms with E-state index in [1.165, 1.54) is 31.3 Å². The van der Waals surface area contributed by atoms with E-state index in [-0.39, 0.29) is 5.78 Å². The van der Waals surface area contributed by atoms with Crippen LogP contribution in [0, 0.1) is 0 Å². The number of ketones is 1. The molecule has 0 saturated heterocycles. The summed E-state index contributed by atoms with van der Waals surface area (Å²) in [6.45, 7) is 3.03. The van der Waals surface area contributed by atoms with Crippen molar-refractivity contribution in [3.63, 3.8) is 0 Å². The largest absolute Gasteiger partial charge is 0.306 e. The Balaban J connectivity index is 2.13. The molecule has 0 spiro atoms. The van der Waals surface area contributed by atoms with Crippen molar-refractivity contribution in [1.82, 2.24) is 5.32 Å². The summed E-state index contributed by atoms with van der Waals surface area (Å²) in [5.41, 5.74) is 1.47. The van der Waals surface area contributed by atoms with Crippen molar-refractivity contribution in [1.29, 1.82) is 0 Å². The average Bonchev–Trinajstić information content (AvgIpc) is 2.05. The second-order valence-corrected chi connectivity index (χ2v) is 3.41. The van der Waals surface area contributed by atoms with Crippen LogP contribution < -0.4 is 5.32 Å². The van der Waals surface area contributed by atoms with Crippen LogP contribution in [0.1, 0.15) is 32.6 Å². The summed E-state index contributed by atoms with van der Waals surface area (Å²) >= 11 is 0. The van der Waals surface area contributed by atoms with Gasteiger partial charge in [-0.3, -0.25) is 4.79 Å². The van der Waals surface area contributed by atoms with E-state index in [4.69, 9.17) is 0 Å². The van der Waals surface area contributed by atoms with Gasteiger partial charge < -0.3 is 5.32 Å². The van der Waals surface area contributed by atoms with Gasteiger partial charge in [0.1, 0.15) is 5.78 Å². The van der Waals surface area contributed by atoms with Gasteiger partial charge in [0.15, 0.2) is 0 Å². The molecule has 1 aliphatic rings. The molecule has 0 aromatic heterocycles. The molecule has 0 radical (unpaired) electrons. The van der Waals surface area contributed by atoms with Gasteiger partial charge in [0.05, 0.1) is 6.54 Å². The number of rotatable bonds is 4. The van der Waals surface area contributed by atoms with Gasteiger partial charge in [0.25, 0.3) is 0 Å². The Kier molecular flexibility index (Phi) is 4.01. The van der Waals surface area contributed by atoms with Crippen molar-refractivity contribution in [2.75, 3.05) is 13.1 Å². The fraction of sp³-hybridized carbons (Fsp3) is 0.700. The van der Waals surface area contributed by atoms with Crippen LogP contribution in [0.25, 0.3) is 0 Å². The van der Waals surface area contributed by atoms with Crippen LogP contribution in [-0.2, 0) is 4.79 Å². The molecule has 0 amide bonds. The highest BCUT2D eigenvalue weighted by molar-refractivity contribution is 5.77. The number of allylic oxidation sites excluding steroid dienone is 1. The first-order valence-electron chi connectivity index (χ1n) is 4.67. The molecule has 0 aliphatic heterocycles. The molecular weight excluding hydrogens is 150 g/mol. The zero-order valence-electron chi connectivity index (χ0n) is 7.73. The van der Waals surface area contributed by atoms with E-state index >= 15 is 0 Å². The van der Waals surface area contributed by atoms with E-state index in [0.717, 1.165) is 6.54 Å². The van der Waals surface area contributed by atoms with Crippen molar-refractivity contribution in [2.45, 2.75) is 32.6 Å². The van der Waals surface area contributed by atoms with Crippen LogP contribution in [0.5, 0.6) is 0 Å². The molecule has 0 fully saturated rings. The summed E-state index contributed by atoms with van der Waals surface area (Å²) in [4.78, 5) is 10.6. The lowest BCUT2D eigenvalue weighted by Crippen LogP contribution is -2.23. The lowest BCUT2D eigenvalue weighted by atomic mass is 10.00. The van der Waals surface area contributed by atoms with Gasteiger partial charge in [-0.15, -0.1) is 0 Å². The molecule has 68 valence electrons. The van der Waals surface area contributed by atoms with Crippen molar-refractivity contribution in [3.8, 4) is 0 Å². The monoisotopic (exact) mass is 167 g/mol. The van der Waals surface area contributed by atoms with Crippen molar-refractivity contribution >= 4 is 5.78 Å². The van der Waals surface area contributed by atoms with Crippen LogP contribution >= 0.6 is 0 Å². The van der Waals surface area contributed by atoms with Gasteiger partial charge in [-0.05, 0) is 32.6 Å². The molecule has 0 heterocycles. The zero-order chi connectivity index (χ0) is 8.81. The highest BCUT2D eigenvalue weighted by atomic mass is 16.1.